The molecule has 0 bridgehead atoms. The molecular formula is C57H96N14O16S2. The van der Waals surface area contributed by atoms with Crippen molar-refractivity contribution in [2.75, 3.05) is 56.8 Å². The molecule has 11 amide bonds. The van der Waals surface area contributed by atoms with Gasteiger partial charge in [0.25, 0.3) is 0 Å². The van der Waals surface area contributed by atoms with Crippen LogP contribution in [0, 0.1) is 11.8 Å². The number of hydrogen-bond acceptors (Lipinski definition) is 19. The van der Waals surface area contributed by atoms with E-state index in [9.17, 15) is 77.6 Å². The molecule has 0 spiro atoms. The second-order valence-electron chi connectivity index (χ2n) is 22.0. The first kappa shape index (κ1) is 79.9. The summed E-state index contributed by atoms with van der Waals surface area (Å²) in [7, 11) is 0. The van der Waals surface area contributed by atoms with Crippen LogP contribution >= 0.6 is 23.5 Å². The summed E-state index contributed by atoms with van der Waals surface area (Å²) < 4.78 is 0. The van der Waals surface area contributed by atoms with Crippen molar-refractivity contribution in [3.63, 3.8) is 0 Å². The average molecular weight is 1300 g/mol. The summed E-state index contributed by atoms with van der Waals surface area (Å²) in [5.74, 6) is -11.9. The number of aliphatic hydroxyl groups excluding tert-OH is 1. The first-order chi connectivity index (χ1) is 42.1. The summed E-state index contributed by atoms with van der Waals surface area (Å²) in [5, 5.41) is 56.4. The number of carbonyl (C=O) groups is 13. The van der Waals surface area contributed by atoms with Crippen LogP contribution in [-0.4, -0.2) is 209 Å². The molecule has 0 aliphatic rings. The van der Waals surface area contributed by atoms with E-state index in [-0.39, 0.29) is 57.4 Å². The SMILES string of the molecule is CSCC[C@H](NC(=O)[C@H](CO)NC(=O)[C@H](CC(C)C)NC(=O)CNC(=O)[C@H](CCCCN)NC(=O)[C@H](CCSC)NC(=O)[C@@H](N)Cc1ccccc1)C(=O)N[C@@H](C)C(=O)N[C@@H](CCCCN)C(=O)N[C@@H](CCC(=O)O)C(=O)NCC(=O)N[C@H](C(=O)O)C(C)C. The molecule has 30 nitrogen and oxygen atoms in total. The van der Waals surface area contributed by atoms with E-state index in [1.807, 2.05) is 36.6 Å². The standard InChI is InChI=1S/C57H96N14O16S2/c1-32(2)27-42(64-44(73)29-61-50(79)37(17-11-13-23-58)67-54(83)41(22-26-89-7)66-49(78)36(60)28-35-15-9-8-10-16-35)55(84)70-43(31-72)56(85)69-40(21-25-88-6)52(81)63-34(5)48(77)65-38(18-12-14-24-59)53(82)68-39(19-20-46(75)76)51(80)62-30-45(74)71-47(33(3)4)57(86)87/h8-10,15-16,32-34,36-43,47,72H,11-14,17-31,58-60H2,1-7H3,(H,61,79)(H,62,80)(H,63,81)(H,64,73)(H,65,77)(H,66,78)(H,67,83)(H,68,82)(H,69,85)(H,70,84)(H,71,74)(H,75,76)(H,86,87)/t34-,36-,37-,38-,39-,40-,41-,42-,43-,47-/m0/s1. The quantitative estimate of drug-likeness (QED) is 0.0283. The van der Waals surface area contributed by atoms with Crippen LogP contribution in [-0.2, 0) is 68.7 Å². The summed E-state index contributed by atoms with van der Waals surface area (Å²) in [5.41, 5.74) is 18.4. The number of nitrogens with two attached hydrogens (primary N) is 3. The van der Waals surface area contributed by atoms with Crippen molar-refractivity contribution in [2.24, 2.45) is 29.0 Å². The minimum atomic E-state index is -1.68. The number of benzene rings is 1. The Morgan fingerprint density at radius 2 is 0.899 bits per heavy atom. The molecule has 89 heavy (non-hydrogen) atoms. The van der Waals surface area contributed by atoms with Crippen molar-refractivity contribution in [2.45, 2.75) is 172 Å². The zero-order valence-electron chi connectivity index (χ0n) is 51.9. The molecule has 0 aliphatic heterocycles. The second-order valence-corrected chi connectivity index (χ2v) is 23.9. The number of rotatable bonds is 46. The van der Waals surface area contributed by atoms with Crippen LogP contribution in [0.2, 0.25) is 0 Å². The molecule has 32 heteroatoms. The molecule has 1 aromatic carbocycles. The molecule has 0 unspecified atom stereocenters. The Morgan fingerprint density at radius 1 is 0.483 bits per heavy atom. The van der Waals surface area contributed by atoms with E-state index in [1.165, 1.54) is 30.4 Å². The van der Waals surface area contributed by atoms with Gasteiger partial charge in [0.15, 0.2) is 0 Å². The zero-order valence-corrected chi connectivity index (χ0v) is 53.6. The molecule has 0 saturated heterocycles. The first-order valence-corrected chi connectivity index (χ1v) is 32.4. The summed E-state index contributed by atoms with van der Waals surface area (Å²) >= 11 is 2.75. The number of carboxylic acids is 2. The predicted molar refractivity (Wildman–Crippen MR) is 335 cm³/mol. The Kier molecular flexibility index (Phi) is 39.8. The fourth-order valence-corrected chi connectivity index (χ4v) is 9.48. The number of amides is 11. The molecule has 0 radical (unpaired) electrons. The van der Waals surface area contributed by atoms with Crippen LogP contribution in [0.4, 0.5) is 0 Å². The smallest absolute Gasteiger partial charge is 0.326 e. The Hall–Kier alpha value is -7.13. The summed E-state index contributed by atoms with van der Waals surface area (Å²) in [6.45, 7) is 6.05. The number of aliphatic carboxylic acids is 2. The second kappa shape index (κ2) is 44.3. The third-order valence-electron chi connectivity index (χ3n) is 13.6. The minimum absolute atomic E-state index is 0.0169. The van der Waals surface area contributed by atoms with Gasteiger partial charge < -0.3 is 91.0 Å². The van der Waals surface area contributed by atoms with Crippen LogP contribution in [0.15, 0.2) is 30.3 Å². The van der Waals surface area contributed by atoms with Crippen LogP contribution in [0.5, 0.6) is 0 Å². The van der Waals surface area contributed by atoms with Crippen LogP contribution in [0.25, 0.3) is 0 Å². The van der Waals surface area contributed by atoms with Crippen molar-refractivity contribution in [1.29, 1.82) is 0 Å². The van der Waals surface area contributed by atoms with E-state index >= 15 is 0 Å². The van der Waals surface area contributed by atoms with Crippen molar-refractivity contribution in [3.8, 4) is 0 Å². The van der Waals surface area contributed by atoms with E-state index in [2.05, 4.69) is 58.5 Å². The third-order valence-corrected chi connectivity index (χ3v) is 14.9. The first-order valence-electron chi connectivity index (χ1n) is 29.6. The maximum atomic E-state index is 13.8. The van der Waals surface area contributed by atoms with Crippen molar-refractivity contribution >= 4 is 100 Å². The number of carboxylic acid groups (broad SMARTS) is 2. The lowest BCUT2D eigenvalue weighted by atomic mass is 10.0. The normalized spacial score (nSPS) is 14.5. The van der Waals surface area contributed by atoms with Crippen molar-refractivity contribution in [3.05, 3.63) is 35.9 Å². The van der Waals surface area contributed by atoms with Crippen LogP contribution < -0.4 is 75.7 Å². The molecule has 10 atom stereocenters. The highest BCUT2D eigenvalue weighted by atomic mass is 32.2. The van der Waals surface area contributed by atoms with E-state index < -0.39 is 176 Å². The van der Waals surface area contributed by atoms with Crippen LogP contribution in [0.3, 0.4) is 0 Å². The van der Waals surface area contributed by atoms with Gasteiger partial charge in [0.05, 0.1) is 25.7 Å². The molecule has 502 valence electrons. The average Bonchev–Trinajstić information content (AvgIpc) is 3.31. The van der Waals surface area contributed by atoms with Crippen LogP contribution in [0.1, 0.15) is 111 Å². The zero-order chi connectivity index (χ0) is 67.2. The Balaban J connectivity index is 3.18. The van der Waals surface area contributed by atoms with Gasteiger partial charge in [-0.3, -0.25) is 57.5 Å². The van der Waals surface area contributed by atoms with Gasteiger partial charge >= 0.3 is 11.9 Å². The fourth-order valence-electron chi connectivity index (χ4n) is 8.54. The van der Waals surface area contributed by atoms with Gasteiger partial charge in [-0.25, -0.2) is 4.79 Å². The van der Waals surface area contributed by atoms with E-state index in [1.54, 1.807) is 34.0 Å². The lowest BCUT2D eigenvalue weighted by Crippen LogP contribution is -2.60. The Labute approximate surface area is 528 Å². The van der Waals surface area contributed by atoms with Gasteiger partial charge in [-0.1, -0.05) is 58.0 Å². The molecular weight excluding hydrogens is 1200 g/mol. The Morgan fingerprint density at radius 3 is 1.35 bits per heavy atom. The predicted octanol–water partition coefficient (Wildman–Crippen LogP) is -3.42. The molecule has 0 saturated carbocycles. The molecule has 1 aromatic rings. The van der Waals surface area contributed by atoms with Crippen molar-refractivity contribution in [1.82, 2.24) is 58.5 Å². The summed E-state index contributed by atoms with van der Waals surface area (Å²) in [6, 6.07) is -4.03. The summed E-state index contributed by atoms with van der Waals surface area (Å²) in [6.07, 6.45) is 4.63. The van der Waals surface area contributed by atoms with Gasteiger partial charge in [-0.2, -0.15) is 23.5 Å². The number of thioether (sulfide) groups is 2. The lowest BCUT2D eigenvalue weighted by molar-refractivity contribution is -0.143. The number of hydrogen-bond donors (Lipinski definition) is 17. The van der Waals surface area contributed by atoms with Crippen molar-refractivity contribution < 1.29 is 77.6 Å². The van der Waals surface area contributed by atoms with Gasteiger partial charge in [0.1, 0.15) is 54.4 Å². The number of unbranched alkanes of at least 4 members (excludes halogenated alkanes) is 2. The maximum Gasteiger partial charge on any atom is 0.326 e. The monoisotopic (exact) mass is 1300 g/mol. The molecule has 0 aromatic heterocycles. The van der Waals surface area contributed by atoms with Gasteiger partial charge in [0, 0.05) is 6.42 Å². The molecule has 0 heterocycles. The number of carbonyl (C=O) groups excluding carboxylic acids is 11. The molecule has 20 N–H and O–H groups in total. The van der Waals surface area contributed by atoms with Gasteiger partial charge in [-0.15, -0.1) is 0 Å². The lowest BCUT2D eigenvalue weighted by Gasteiger charge is -2.26. The molecule has 1 rings (SSSR count). The highest BCUT2D eigenvalue weighted by molar-refractivity contribution is 7.98. The van der Waals surface area contributed by atoms with E-state index in [0.29, 0.717) is 37.3 Å². The maximum absolute atomic E-state index is 13.8. The van der Waals surface area contributed by atoms with Gasteiger partial charge in [-0.05, 0) is 132 Å². The largest absolute Gasteiger partial charge is 0.481 e. The topological polar surface area (TPSA) is 493 Å². The van der Waals surface area contributed by atoms with Gasteiger partial charge in [0.2, 0.25) is 65.0 Å². The Bertz CT molecular complexity index is 2470. The van der Waals surface area contributed by atoms with E-state index in [0.717, 1.165) is 5.56 Å². The highest BCUT2D eigenvalue weighted by Gasteiger charge is 2.34. The third kappa shape index (κ3) is 32.8. The fraction of sp³-hybridized carbons (Fsp3) is 0.667. The molecule has 0 aliphatic carbocycles. The highest BCUT2D eigenvalue weighted by Crippen LogP contribution is 2.11. The minimum Gasteiger partial charge on any atom is -0.481 e. The van der Waals surface area contributed by atoms with E-state index in [4.69, 9.17) is 17.2 Å². The number of aliphatic hydroxyl groups is 1. The molecule has 0 fully saturated rings. The number of nitrogens with one attached hydrogen (secondary N) is 11. The summed E-state index contributed by atoms with van der Waals surface area (Å²) in [4.78, 5) is 172.